The monoisotopic (exact) mass is 296 g/mol. The Morgan fingerprint density at radius 1 is 1.15 bits per heavy atom. The predicted octanol–water partition coefficient (Wildman–Crippen LogP) is 1.37. The zero-order valence-electron chi connectivity index (χ0n) is 11.7. The number of urea groups is 1. The lowest BCUT2D eigenvalue weighted by Crippen LogP contribution is -2.35. The van der Waals surface area contributed by atoms with Crippen LogP contribution in [0, 0.1) is 0 Å². The van der Waals surface area contributed by atoms with E-state index in [4.69, 9.17) is 5.73 Å². The third-order valence-electron chi connectivity index (χ3n) is 4.01. The van der Waals surface area contributed by atoms with E-state index in [0.29, 0.717) is 0 Å². The Labute approximate surface area is 125 Å². The summed E-state index contributed by atoms with van der Waals surface area (Å²) >= 11 is 0. The first-order valence-electron chi connectivity index (χ1n) is 6.73. The Morgan fingerprint density at radius 3 is 2.60 bits per heavy atom. The summed E-state index contributed by atoms with van der Waals surface area (Å²) in [5.74, 6) is 0. The van der Waals surface area contributed by atoms with Crippen molar-refractivity contribution in [2.75, 3.05) is 39.0 Å². The Balaban J connectivity index is 0.00000147. The maximum atomic E-state index is 11.8. The third kappa shape index (κ3) is 2.83. The van der Waals surface area contributed by atoms with Gasteiger partial charge in [0.1, 0.15) is 0 Å². The van der Waals surface area contributed by atoms with Crippen molar-refractivity contribution in [3.05, 3.63) is 29.3 Å². The number of rotatable bonds is 3. The topological polar surface area (TPSA) is 52.8 Å². The van der Waals surface area contributed by atoms with Crippen molar-refractivity contribution >= 4 is 24.1 Å². The van der Waals surface area contributed by atoms with Crippen LogP contribution in [0.25, 0.3) is 0 Å². The van der Waals surface area contributed by atoms with Gasteiger partial charge in [0.05, 0.1) is 0 Å². The summed E-state index contributed by atoms with van der Waals surface area (Å²) in [5.41, 5.74) is 9.32. The second-order valence-electron chi connectivity index (χ2n) is 5.43. The maximum Gasteiger partial charge on any atom is 0.319 e. The minimum atomic E-state index is 0. The number of nitrogens with two attached hydrogens (primary N) is 1. The zero-order chi connectivity index (χ0) is 13.4. The van der Waals surface area contributed by atoms with Crippen LogP contribution in [-0.4, -0.2) is 54.0 Å². The molecule has 2 heterocycles. The molecule has 20 heavy (non-hydrogen) atoms. The van der Waals surface area contributed by atoms with Gasteiger partial charge in [-0.1, -0.05) is 6.07 Å². The lowest BCUT2D eigenvalue weighted by Gasteiger charge is -2.20. The van der Waals surface area contributed by atoms with Crippen molar-refractivity contribution in [2.45, 2.75) is 13.1 Å². The molecule has 0 atom stereocenters. The number of hydrogen-bond acceptors (Lipinski definition) is 3. The molecule has 2 amide bonds. The lowest BCUT2D eigenvalue weighted by atomic mass is 10.1. The van der Waals surface area contributed by atoms with E-state index in [0.717, 1.165) is 45.0 Å². The molecule has 110 valence electrons. The smallest absolute Gasteiger partial charge is 0.319 e. The summed E-state index contributed by atoms with van der Waals surface area (Å²) < 4.78 is 0. The first kappa shape index (κ1) is 14.9. The maximum absolute atomic E-state index is 11.8. The molecule has 0 aromatic heterocycles. The van der Waals surface area contributed by atoms with E-state index >= 15 is 0 Å². The highest BCUT2D eigenvalue weighted by molar-refractivity contribution is 5.85. The summed E-state index contributed by atoms with van der Waals surface area (Å²) in [7, 11) is 1.86. The number of halogens is 1. The molecule has 2 aliphatic rings. The largest absolute Gasteiger partial charge is 0.399 e. The molecule has 0 unspecified atom stereocenters. The van der Waals surface area contributed by atoms with Crippen molar-refractivity contribution in [1.82, 2.24) is 14.7 Å². The Morgan fingerprint density at radius 2 is 1.90 bits per heavy atom. The van der Waals surface area contributed by atoms with E-state index in [9.17, 15) is 4.79 Å². The molecule has 2 aliphatic heterocycles. The molecule has 0 spiro atoms. The van der Waals surface area contributed by atoms with Crippen molar-refractivity contribution in [3.8, 4) is 0 Å². The number of carbonyl (C=O) groups is 1. The molecule has 5 nitrogen and oxygen atoms in total. The number of likely N-dealkylation sites (N-methyl/N-ethyl adjacent to an activating group) is 1. The Kier molecular flexibility index (Phi) is 4.40. The van der Waals surface area contributed by atoms with Gasteiger partial charge in [-0.25, -0.2) is 4.79 Å². The average molecular weight is 297 g/mol. The first-order valence-corrected chi connectivity index (χ1v) is 6.73. The van der Waals surface area contributed by atoms with Gasteiger partial charge in [-0.3, -0.25) is 4.90 Å². The molecular weight excluding hydrogens is 276 g/mol. The molecule has 0 bridgehead atoms. The second kappa shape index (κ2) is 5.89. The molecule has 6 heteroatoms. The standard InChI is InChI=1S/C14H20N4O.ClH/c1-16-4-6-18(14(16)19)7-5-17-9-11-2-3-13(15)8-12(11)10-17;/h2-3,8H,4-7,9-10,15H2,1H3;1H. The summed E-state index contributed by atoms with van der Waals surface area (Å²) in [6.07, 6.45) is 0. The van der Waals surface area contributed by atoms with Crippen LogP contribution >= 0.6 is 12.4 Å². The number of hydrogen-bond donors (Lipinski definition) is 1. The SMILES string of the molecule is CN1CCN(CCN2Cc3ccc(N)cc3C2)C1=O.Cl. The minimum absolute atomic E-state index is 0. The van der Waals surface area contributed by atoms with Gasteiger partial charge in [-0.05, 0) is 23.3 Å². The highest BCUT2D eigenvalue weighted by atomic mass is 35.5. The Hall–Kier alpha value is -1.46. The normalized spacial score (nSPS) is 18.4. The molecule has 1 aromatic carbocycles. The molecule has 1 fully saturated rings. The molecule has 0 saturated carbocycles. The van der Waals surface area contributed by atoms with Crippen molar-refractivity contribution in [2.24, 2.45) is 0 Å². The van der Waals surface area contributed by atoms with Crippen molar-refractivity contribution in [3.63, 3.8) is 0 Å². The van der Waals surface area contributed by atoms with Gasteiger partial charge in [0.15, 0.2) is 0 Å². The van der Waals surface area contributed by atoms with E-state index in [1.54, 1.807) is 4.90 Å². The van der Waals surface area contributed by atoms with Crippen LogP contribution in [0.4, 0.5) is 10.5 Å². The lowest BCUT2D eigenvalue weighted by molar-refractivity contribution is 0.187. The number of carbonyl (C=O) groups excluding carboxylic acids is 1. The minimum Gasteiger partial charge on any atom is -0.399 e. The van der Waals surface area contributed by atoms with E-state index in [1.165, 1.54) is 11.1 Å². The van der Waals surface area contributed by atoms with Gasteiger partial charge in [0.2, 0.25) is 0 Å². The van der Waals surface area contributed by atoms with Gasteiger partial charge in [0, 0.05) is 52.0 Å². The highest BCUT2D eigenvalue weighted by Crippen LogP contribution is 2.24. The van der Waals surface area contributed by atoms with E-state index < -0.39 is 0 Å². The number of fused-ring (bicyclic) bond motifs is 1. The summed E-state index contributed by atoms with van der Waals surface area (Å²) in [6.45, 7) is 5.34. The van der Waals surface area contributed by atoms with Crippen LogP contribution in [0.5, 0.6) is 0 Å². The number of nitrogen functional groups attached to an aromatic ring is 1. The number of amides is 2. The molecule has 1 aromatic rings. The molecule has 0 aliphatic carbocycles. The van der Waals surface area contributed by atoms with Crippen LogP contribution < -0.4 is 5.73 Å². The van der Waals surface area contributed by atoms with Gasteiger partial charge >= 0.3 is 6.03 Å². The second-order valence-corrected chi connectivity index (χ2v) is 5.43. The highest BCUT2D eigenvalue weighted by Gasteiger charge is 2.26. The van der Waals surface area contributed by atoms with Crippen LogP contribution in [0.2, 0.25) is 0 Å². The Bertz CT molecular complexity index is 508. The quantitative estimate of drug-likeness (QED) is 0.857. The van der Waals surface area contributed by atoms with Crippen LogP contribution in [0.1, 0.15) is 11.1 Å². The number of benzene rings is 1. The van der Waals surface area contributed by atoms with Crippen molar-refractivity contribution in [1.29, 1.82) is 0 Å². The van der Waals surface area contributed by atoms with Gasteiger partial charge < -0.3 is 15.5 Å². The predicted molar refractivity (Wildman–Crippen MR) is 81.8 cm³/mol. The molecular formula is C14H21ClN4O. The number of nitrogens with zero attached hydrogens (tertiary/aromatic N) is 3. The van der Waals surface area contributed by atoms with Crippen LogP contribution in [0.3, 0.4) is 0 Å². The van der Waals surface area contributed by atoms with Crippen LogP contribution in [0.15, 0.2) is 18.2 Å². The van der Waals surface area contributed by atoms with E-state index in [1.807, 2.05) is 18.0 Å². The van der Waals surface area contributed by atoms with E-state index in [-0.39, 0.29) is 18.4 Å². The fraction of sp³-hybridized carbons (Fsp3) is 0.500. The fourth-order valence-corrected chi connectivity index (χ4v) is 2.82. The van der Waals surface area contributed by atoms with Gasteiger partial charge in [-0.15, -0.1) is 12.4 Å². The average Bonchev–Trinajstić information content (AvgIpc) is 2.92. The van der Waals surface area contributed by atoms with Gasteiger partial charge in [0.25, 0.3) is 0 Å². The van der Waals surface area contributed by atoms with E-state index in [2.05, 4.69) is 17.0 Å². The van der Waals surface area contributed by atoms with Gasteiger partial charge in [-0.2, -0.15) is 0 Å². The van der Waals surface area contributed by atoms with Crippen molar-refractivity contribution < 1.29 is 4.79 Å². The molecule has 0 radical (unpaired) electrons. The molecule has 1 saturated heterocycles. The zero-order valence-corrected chi connectivity index (χ0v) is 12.5. The number of anilines is 1. The summed E-state index contributed by atoms with van der Waals surface area (Å²) in [5, 5.41) is 0. The molecule has 2 N–H and O–H groups in total. The fourth-order valence-electron chi connectivity index (χ4n) is 2.82. The van der Waals surface area contributed by atoms with Crippen LogP contribution in [-0.2, 0) is 13.1 Å². The summed E-state index contributed by atoms with van der Waals surface area (Å²) in [4.78, 5) is 17.9. The molecule has 3 rings (SSSR count). The first-order chi connectivity index (χ1) is 9.13. The summed E-state index contributed by atoms with van der Waals surface area (Å²) in [6, 6.07) is 6.28. The third-order valence-corrected chi connectivity index (χ3v) is 4.01.